The first-order chi connectivity index (χ1) is 12.0. The zero-order chi connectivity index (χ0) is 18.5. The number of hydrogen-bond donors (Lipinski definition) is 2. The summed E-state index contributed by atoms with van der Waals surface area (Å²) in [6.07, 6.45) is 6.35. The predicted molar refractivity (Wildman–Crippen MR) is 105 cm³/mol. The lowest BCUT2D eigenvalue weighted by molar-refractivity contribution is 0.376. The SMILES string of the molecule is CCNC(=NCc1cc(C(C)C)no1)NCCCCCCCN(C)C. The summed E-state index contributed by atoms with van der Waals surface area (Å²) in [5.74, 6) is 2.03. The molecule has 0 unspecified atom stereocenters. The third kappa shape index (κ3) is 10.1. The second-order valence-corrected chi connectivity index (χ2v) is 7.07. The highest BCUT2D eigenvalue weighted by Crippen LogP contribution is 2.14. The Morgan fingerprint density at radius 3 is 2.52 bits per heavy atom. The number of rotatable bonds is 12. The monoisotopic (exact) mass is 351 g/mol. The van der Waals surface area contributed by atoms with Gasteiger partial charge in [0.25, 0.3) is 0 Å². The Bertz CT molecular complexity index is 482. The Morgan fingerprint density at radius 1 is 1.16 bits per heavy atom. The number of guanidine groups is 1. The summed E-state index contributed by atoms with van der Waals surface area (Å²) in [6.45, 7) is 9.80. The van der Waals surface area contributed by atoms with Gasteiger partial charge < -0.3 is 20.1 Å². The molecule has 0 bridgehead atoms. The van der Waals surface area contributed by atoms with E-state index in [0.717, 1.165) is 30.5 Å². The zero-order valence-corrected chi connectivity index (χ0v) is 16.8. The molecule has 25 heavy (non-hydrogen) atoms. The van der Waals surface area contributed by atoms with E-state index in [-0.39, 0.29) is 0 Å². The first-order valence-corrected chi connectivity index (χ1v) is 9.65. The van der Waals surface area contributed by atoms with Crippen molar-refractivity contribution in [2.75, 3.05) is 33.7 Å². The molecule has 0 spiro atoms. The minimum Gasteiger partial charge on any atom is -0.359 e. The Balaban J connectivity index is 2.24. The van der Waals surface area contributed by atoms with Gasteiger partial charge in [0.15, 0.2) is 11.7 Å². The molecule has 0 aromatic carbocycles. The van der Waals surface area contributed by atoms with Crippen molar-refractivity contribution < 1.29 is 4.52 Å². The van der Waals surface area contributed by atoms with Gasteiger partial charge >= 0.3 is 0 Å². The van der Waals surface area contributed by atoms with Gasteiger partial charge in [0, 0.05) is 19.2 Å². The van der Waals surface area contributed by atoms with Crippen LogP contribution in [0, 0.1) is 0 Å². The molecule has 0 saturated carbocycles. The Kier molecular flexibility index (Phi) is 11.0. The predicted octanol–water partition coefficient (Wildman–Crippen LogP) is 3.37. The van der Waals surface area contributed by atoms with Crippen molar-refractivity contribution in [3.63, 3.8) is 0 Å². The molecule has 0 aliphatic carbocycles. The fraction of sp³-hybridized carbons (Fsp3) is 0.789. The first kappa shape index (κ1) is 21.5. The van der Waals surface area contributed by atoms with Gasteiger partial charge in [0.05, 0.1) is 5.69 Å². The lowest BCUT2D eigenvalue weighted by atomic mass is 10.1. The maximum atomic E-state index is 5.34. The highest BCUT2D eigenvalue weighted by molar-refractivity contribution is 5.79. The van der Waals surface area contributed by atoms with E-state index in [1.165, 1.54) is 38.6 Å². The van der Waals surface area contributed by atoms with E-state index in [1.54, 1.807) is 0 Å². The summed E-state index contributed by atoms with van der Waals surface area (Å²) >= 11 is 0. The number of unbranched alkanes of at least 4 members (excludes halogenated alkanes) is 4. The van der Waals surface area contributed by atoms with Crippen LogP contribution >= 0.6 is 0 Å². The normalized spacial score (nSPS) is 12.2. The number of nitrogens with one attached hydrogen (secondary N) is 2. The highest BCUT2D eigenvalue weighted by atomic mass is 16.5. The highest BCUT2D eigenvalue weighted by Gasteiger charge is 2.07. The summed E-state index contributed by atoms with van der Waals surface area (Å²) in [5, 5.41) is 10.7. The molecule has 144 valence electrons. The average Bonchev–Trinajstić information content (AvgIpc) is 3.04. The van der Waals surface area contributed by atoms with Gasteiger partial charge in [-0.3, -0.25) is 0 Å². The molecule has 1 rings (SSSR count). The summed E-state index contributed by atoms with van der Waals surface area (Å²) in [4.78, 5) is 6.83. The van der Waals surface area contributed by atoms with Crippen molar-refractivity contribution in [2.24, 2.45) is 4.99 Å². The van der Waals surface area contributed by atoms with Crippen molar-refractivity contribution in [3.05, 3.63) is 17.5 Å². The molecule has 0 aliphatic heterocycles. The third-order valence-corrected chi connectivity index (χ3v) is 3.98. The van der Waals surface area contributed by atoms with Crippen LogP contribution in [-0.4, -0.2) is 49.7 Å². The van der Waals surface area contributed by atoms with Crippen LogP contribution in [0.25, 0.3) is 0 Å². The quantitative estimate of drug-likeness (QED) is 0.343. The van der Waals surface area contributed by atoms with Gasteiger partial charge in [0.2, 0.25) is 0 Å². The van der Waals surface area contributed by atoms with Crippen molar-refractivity contribution in [1.82, 2.24) is 20.7 Å². The van der Waals surface area contributed by atoms with Crippen LogP contribution in [0.5, 0.6) is 0 Å². The minimum absolute atomic E-state index is 0.380. The van der Waals surface area contributed by atoms with E-state index in [1.807, 2.05) is 6.07 Å². The number of aliphatic imine (C=N–C) groups is 1. The van der Waals surface area contributed by atoms with Gasteiger partial charge in [0.1, 0.15) is 6.54 Å². The lowest BCUT2D eigenvalue weighted by Crippen LogP contribution is -2.37. The van der Waals surface area contributed by atoms with E-state index in [9.17, 15) is 0 Å². The first-order valence-electron chi connectivity index (χ1n) is 9.65. The standard InChI is InChI=1S/C19H37N5O/c1-6-20-19(21-12-10-8-7-9-11-13-24(4)5)22-15-17-14-18(16(2)3)23-25-17/h14,16H,6-13,15H2,1-5H3,(H2,20,21,22). The minimum atomic E-state index is 0.380. The van der Waals surface area contributed by atoms with E-state index in [0.29, 0.717) is 12.5 Å². The van der Waals surface area contributed by atoms with Gasteiger partial charge in [-0.1, -0.05) is 38.3 Å². The molecule has 0 fully saturated rings. The maximum Gasteiger partial charge on any atom is 0.191 e. The summed E-state index contributed by atoms with van der Waals surface area (Å²) < 4.78 is 5.34. The largest absolute Gasteiger partial charge is 0.359 e. The van der Waals surface area contributed by atoms with Crippen LogP contribution in [0.4, 0.5) is 0 Å². The lowest BCUT2D eigenvalue weighted by Gasteiger charge is -2.11. The summed E-state index contributed by atoms with van der Waals surface area (Å²) in [6, 6.07) is 1.99. The van der Waals surface area contributed by atoms with Crippen LogP contribution in [0.3, 0.4) is 0 Å². The van der Waals surface area contributed by atoms with Gasteiger partial charge in [-0.15, -0.1) is 0 Å². The maximum absolute atomic E-state index is 5.34. The fourth-order valence-corrected chi connectivity index (χ4v) is 2.46. The molecule has 2 N–H and O–H groups in total. The molecule has 1 aromatic heterocycles. The molecule has 0 saturated heterocycles. The van der Waals surface area contributed by atoms with Crippen molar-refractivity contribution in [3.8, 4) is 0 Å². The molecule has 0 amide bonds. The second-order valence-electron chi connectivity index (χ2n) is 7.07. The zero-order valence-electron chi connectivity index (χ0n) is 16.8. The van der Waals surface area contributed by atoms with Crippen LogP contribution in [0.1, 0.15) is 70.2 Å². The molecule has 1 aromatic rings. The molecule has 0 atom stereocenters. The average molecular weight is 352 g/mol. The van der Waals surface area contributed by atoms with Crippen molar-refractivity contribution in [1.29, 1.82) is 0 Å². The van der Waals surface area contributed by atoms with Crippen LogP contribution in [0.15, 0.2) is 15.6 Å². The fourth-order valence-electron chi connectivity index (χ4n) is 2.46. The number of nitrogens with zero attached hydrogens (tertiary/aromatic N) is 3. The number of hydrogen-bond acceptors (Lipinski definition) is 4. The molecule has 0 radical (unpaired) electrons. The molecular formula is C19H37N5O. The van der Waals surface area contributed by atoms with Crippen LogP contribution < -0.4 is 10.6 Å². The number of aromatic nitrogens is 1. The topological polar surface area (TPSA) is 65.7 Å². The van der Waals surface area contributed by atoms with Crippen LogP contribution in [-0.2, 0) is 6.54 Å². The van der Waals surface area contributed by atoms with Crippen LogP contribution in [0.2, 0.25) is 0 Å². The van der Waals surface area contributed by atoms with E-state index in [2.05, 4.69) is 60.5 Å². The Labute approximate surface area is 153 Å². The Morgan fingerprint density at radius 2 is 1.88 bits per heavy atom. The molecular weight excluding hydrogens is 314 g/mol. The van der Waals surface area contributed by atoms with E-state index >= 15 is 0 Å². The van der Waals surface area contributed by atoms with E-state index < -0.39 is 0 Å². The van der Waals surface area contributed by atoms with Crippen molar-refractivity contribution >= 4 is 5.96 Å². The van der Waals surface area contributed by atoms with Gasteiger partial charge in [-0.2, -0.15) is 0 Å². The Hall–Kier alpha value is -1.56. The molecule has 6 nitrogen and oxygen atoms in total. The smallest absolute Gasteiger partial charge is 0.191 e. The molecule has 1 heterocycles. The molecule has 6 heteroatoms. The van der Waals surface area contributed by atoms with Crippen molar-refractivity contribution in [2.45, 2.75) is 65.3 Å². The second kappa shape index (κ2) is 12.8. The summed E-state index contributed by atoms with van der Waals surface area (Å²) in [7, 11) is 4.27. The molecule has 0 aliphatic rings. The van der Waals surface area contributed by atoms with Gasteiger partial charge in [-0.25, -0.2) is 4.99 Å². The van der Waals surface area contributed by atoms with Gasteiger partial charge in [-0.05, 0) is 46.3 Å². The van der Waals surface area contributed by atoms with E-state index in [4.69, 9.17) is 4.52 Å². The summed E-state index contributed by atoms with van der Waals surface area (Å²) in [5.41, 5.74) is 0.984. The third-order valence-electron chi connectivity index (χ3n) is 3.98.